The topological polar surface area (TPSA) is 18.5 Å². The highest BCUT2D eigenvalue weighted by Crippen LogP contribution is 2.25. The highest BCUT2D eigenvalue weighted by molar-refractivity contribution is 5.35. The molecule has 2 rings (SSSR count). The van der Waals surface area contributed by atoms with Gasteiger partial charge < -0.3 is 9.47 Å². The molecular weight excluding hydrogens is 248 g/mol. The summed E-state index contributed by atoms with van der Waals surface area (Å²) < 4.78 is 11.6. The number of para-hydroxylation sites is 2. The molecule has 0 aliphatic rings. The van der Waals surface area contributed by atoms with Crippen molar-refractivity contribution in [3.05, 3.63) is 59.7 Å². The lowest BCUT2D eigenvalue weighted by Gasteiger charge is -2.14. The van der Waals surface area contributed by atoms with Gasteiger partial charge in [0.15, 0.2) is 0 Å². The maximum Gasteiger partial charge on any atom is 0.122 e. The van der Waals surface area contributed by atoms with E-state index >= 15 is 0 Å². The third-order valence-corrected chi connectivity index (χ3v) is 3.23. The quantitative estimate of drug-likeness (QED) is 0.715. The Morgan fingerprint density at radius 3 is 2.00 bits per heavy atom. The number of hydrogen-bond donors (Lipinski definition) is 0. The molecule has 0 aliphatic carbocycles. The van der Waals surface area contributed by atoms with Crippen LogP contribution in [0.15, 0.2) is 48.5 Å². The molecule has 2 heteroatoms. The third-order valence-electron chi connectivity index (χ3n) is 3.23. The molecule has 0 aromatic heterocycles. The summed E-state index contributed by atoms with van der Waals surface area (Å²) in [4.78, 5) is 0. The number of aryl methyl sites for hydroxylation is 1. The lowest BCUT2D eigenvalue weighted by atomic mass is 10.0. The standard InChI is InChI=1S/C18H22O2/c1-14(2)16-9-5-7-11-18(16)20-13-12-19-17-10-6-4-8-15(17)3/h4-11,14H,12-13H2,1-3H3. The van der Waals surface area contributed by atoms with E-state index in [0.29, 0.717) is 19.1 Å². The van der Waals surface area contributed by atoms with E-state index in [1.54, 1.807) is 0 Å². The molecule has 2 aromatic rings. The summed E-state index contributed by atoms with van der Waals surface area (Å²) >= 11 is 0. The minimum Gasteiger partial charge on any atom is -0.490 e. The minimum atomic E-state index is 0.462. The first kappa shape index (κ1) is 14.4. The van der Waals surface area contributed by atoms with Crippen LogP contribution in [0.4, 0.5) is 0 Å². The second-order valence-electron chi connectivity index (χ2n) is 5.15. The van der Waals surface area contributed by atoms with Gasteiger partial charge in [0.1, 0.15) is 24.7 Å². The summed E-state index contributed by atoms with van der Waals surface area (Å²) in [5.41, 5.74) is 2.39. The molecule has 0 fully saturated rings. The third kappa shape index (κ3) is 3.77. The largest absolute Gasteiger partial charge is 0.490 e. The average molecular weight is 270 g/mol. The summed E-state index contributed by atoms with van der Waals surface area (Å²) in [7, 11) is 0. The van der Waals surface area contributed by atoms with E-state index in [9.17, 15) is 0 Å². The van der Waals surface area contributed by atoms with Crippen molar-refractivity contribution < 1.29 is 9.47 Å². The fraction of sp³-hybridized carbons (Fsp3) is 0.333. The van der Waals surface area contributed by atoms with Crippen LogP contribution in [0.2, 0.25) is 0 Å². The summed E-state index contributed by atoms with van der Waals surface area (Å²) in [6, 6.07) is 16.2. The van der Waals surface area contributed by atoms with Crippen LogP contribution in [0.1, 0.15) is 30.9 Å². The van der Waals surface area contributed by atoms with Crippen molar-refractivity contribution in [3.8, 4) is 11.5 Å². The maximum absolute atomic E-state index is 5.84. The second-order valence-corrected chi connectivity index (χ2v) is 5.15. The van der Waals surface area contributed by atoms with Gasteiger partial charge >= 0.3 is 0 Å². The van der Waals surface area contributed by atoms with E-state index < -0.39 is 0 Å². The Hall–Kier alpha value is -1.96. The molecular formula is C18H22O2. The molecule has 0 saturated carbocycles. The van der Waals surface area contributed by atoms with Crippen molar-refractivity contribution in [2.75, 3.05) is 13.2 Å². The van der Waals surface area contributed by atoms with Gasteiger partial charge in [0.05, 0.1) is 0 Å². The van der Waals surface area contributed by atoms with E-state index in [1.165, 1.54) is 5.56 Å². The van der Waals surface area contributed by atoms with Gasteiger partial charge in [-0.2, -0.15) is 0 Å². The van der Waals surface area contributed by atoms with Crippen molar-refractivity contribution in [1.29, 1.82) is 0 Å². The number of benzene rings is 2. The SMILES string of the molecule is Cc1ccccc1OCCOc1ccccc1C(C)C. The van der Waals surface area contributed by atoms with Crippen molar-refractivity contribution in [2.45, 2.75) is 26.7 Å². The van der Waals surface area contributed by atoms with Crippen LogP contribution < -0.4 is 9.47 Å². The molecule has 0 saturated heterocycles. The van der Waals surface area contributed by atoms with Crippen molar-refractivity contribution >= 4 is 0 Å². The van der Waals surface area contributed by atoms with Gasteiger partial charge in [0, 0.05) is 0 Å². The zero-order valence-corrected chi connectivity index (χ0v) is 12.4. The fourth-order valence-corrected chi connectivity index (χ4v) is 2.11. The second kappa shape index (κ2) is 6.99. The number of rotatable bonds is 6. The highest BCUT2D eigenvalue weighted by atomic mass is 16.5. The van der Waals surface area contributed by atoms with E-state index in [1.807, 2.05) is 49.4 Å². The smallest absolute Gasteiger partial charge is 0.122 e. The highest BCUT2D eigenvalue weighted by Gasteiger charge is 2.06. The normalized spacial score (nSPS) is 10.6. The molecule has 106 valence electrons. The summed E-state index contributed by atoms with van der Waals surface area (Å²) in [6.45, 7) is 7.50. The zero-order chi connectivity index (χ0) is 14.4. The van der Waals surface area contributed by atoms with Gasteiger partial charge in [-0.25, -0.2) is 0 Å². The van der Waals surface area contributed by atoms with Gasteiger partial charge in [0.2, 0.25) is 0 Å². The van der Waals surface area contributed by atoms with Crippen LogP contribution in [0, 0.1) is 6.92 Å². The van der Waals surface area contributed by atoms with Crippen molar-refractivity contribution in [1.82, 2.24) is 0 Å². The molecule has 0 spiro atoms. The zero-order valence-electron chi connectivity index (χ0n) is 12.4. The summed E-state index contributed by atoms with van der Waals surface area (Å²) in [5, 5.41) is 0. The molecule has 0 amide bonds. The fourth-order valence-electron chi connectivity index (χ4n) is 2.11. The Labute approximate surface area is 121 Å². The molecule has 0 N–H and O–H groups in total. The molecule has 0 heterocycles. The van der Waals surface area contributed by atoms with Gasteiger partial charge in [-0.05, 0) is 36.1 Å². The van der Waals surface area contributed by atoms with Gasteiger partial charge in [0.25, 0.3) is 0 Å². The first-order valence-electron chi connectivity index (χ1n) is 7.08. The Morgan fingerprint density at radius 1 is 0.800 bits per heavy atom. The lowest BCUT2D eigenvalue weighted by molar-refractivity contribution is 0.214. The molecule has 0 atom stereocenters. The van der Waals surface area contributed by atoms with Crippen LogP contribution in [-0.4, -0.2) is 13.2 Å². The Balaban J connectivity index is 1.86. The maximum atomic E-state index is 5.84. The van der Waals surface area contributed by atoms with Crippen molar-refractivity contribution in [2.24, 2.45) is 0 Å². The van der Waals surface area contributed by atoms with Crippen LogP contribution in [0.3, 0.4) is 0 Å². The predicted octanol–water partition coefficient (Wildman–Crippen LogP) is 4.58. The summed E-state index contributed by atoms with van der Waals surface area (Å²) in [5.74, 6) is 2.34. The predicted molar refractivity (Wildman–Crippen MR) is 82.7 cm³/mol. The van der Waals surface area contributed by atoms with Gasteiger partial charge in [-0.15, -0.1) is 0 Å². The monoisotopic (exact) mass is 270 g/mol. The van der Waals surface area contributed by atoms with E-state index in [-0.39, 0.29) is 0 Å². The average Bonchev–Trinajstić information content (AvgIpc) is 2.45. The molecule has 2 nitrogen and oxygen atoms in total. The first-order chi connectivity index (χ1) is 9.68. The summed E-state index contributed by atoms with van der Waals surface area (Å²) in [6.07, 6.45) is 0. The Kier molecular flexibility index (Phi) is 5.05. The van der Waals surface area contributed by atoms with Gasteiger partial charge in [-0.1, -0.05) is 50.2 Å². The molecule has 2 aromatic carbocycles. The van der Waals surface area contributed by atoms with Crippen LogP contribution >= 0.6 is 0 Å². The first-order valence-corrected chi connectivity index (χ1v) is 7.08. The van der Waals surface area contributed by atoms with Crippen molar-refractivity contribution in [3.63, 3.8) is 0 Å². The Bertz CT molecular complexity index is 547. The van der Waals surface area contributed by atoms with Crippen LogP contribution in [-0.2, 0) is 0 Å². The number of ether oxygens (including phenoxy) is 2. The molecule has 20 heavy (non-hydrogen) atoms. The lowest BCUT2D eigenvalue weighted by Crippen LogP contribution is -2.10. The van der Waals surface area contributed by atoms with Crippen LogP contribution in [0.5, 0.6) is 11.5 Å². The van der Waals surface area contributed by atoms with E-state index in [4.69, 9.17) is 9.47 Å². The Morgan fingerprint density at radius 2 is 1.35 bits per heavy atom. The molecule has 0 unspecified atom stereocenters. The number of hydrogen-bond acceptors (Lipinski definition) is 2. The molecule has 0 radical (unpaired) electrons. The van der Waals surface area contributed by atoms with Crippen LogP contribution in [0.25, 0.3) is 0 Å². The van der Waals surface area contributed by atoms with E-state index in [0.717, 1.165) is 17.1 Å². The van der Waals surface area contributed by atoms with Gasteiger partial charge in [-0.3, -0.25) is 0 Å². The molecule has 0 aliphatic heterocycles. The minimum absolute atomic E-state index is 0.462. The molecule has 0 bridgehead atoms. The van der Waals surface area contributed by atoms with E-state index in [2.05, 4.69) is 19.9 Å².